The molecular weight excluding hydrogens is 514 g/mol. The van der Waals surface area contributed by atoms with Gasteiger partial charge in [-0.05, 0) is 44.0 Å². The topological polar surface area (TPSA) is 124 Å². The second kappa shape index (κ2) is 12.1. The number of nitrogens with zero attached hydrogens (tertiary/aromatic N) is 1. The number of ether oxygens (including phenoxy) is 3. The highest BCUT2D eigenvalue weighted by molar-refractivity contribution is 9.10. The minimum atomic E-state index is -0.888. The van der Waals surface area contributed by atoms with Crippen LogP contribution in [0.2, 0.25) is 0 Å². The van der Waals surface area contributed by atoms with E-state index in [1.807, 2.05) is 36.4 Å². The zero-order chi connectivity index (χ0) is 25.4. The Morgan fingerprint density at radius 3 is 2.66 bits per heavy atom. The van der Waals surface area contributed by atoms with Gasteiger partial charge < -0.3 is 25.3 Å². The predicted molar refractivity (Wildman–Crippen MR) is 133 cm³/mol. The molecule has 3 rings (SSSR count). The molecule has 0 bridgehead atoms. The molecule has 2 aromatic rings. The van der Waals surface area contributed by atoms with E-state index in [0.717, 1.165) is 5.56 Å². The van der Waals surface area contributed by atoms with Gasteiger partial charge in [0.05, 0.1) is 18.1 Å². The van der Waals surface area contributed by atoms with Crippen molar-refractivity contribution in [2.75, 3.05) is 19.8 Å². The van der Waals surface area contributed by atoms with Crippen LogP contribution in [-0.2, 0) is 25.5 Å². The van der Waals surface area contributed by atoms with Gasteiger partial charge in [0.25, 0.3) is 5.91 Å². The van der Waals surface area contributed by atoms with Crippen molar-refractivity contribution in [1.29, 1.82) is 5.26 Å². The summed E-state index contributed by atoms with van der Waals surface area (Å²) in [5.74, 6) is -1.36. The molecule has 0 spiro atoms. The highest BCUT2D eigenvalue weighted by Gasteiger charge is 2.38. The number of esters is 1. The molecule has 2 aromatic carbocycles. The zero-order valence-electron chi connectivity index (χ0n) is 19.5. The fraction of sp³-hybridized carbons (Fsp3) is 0.269. The molecule has 9 heteroatoms. The molecule has 1 unspecified atom stereocenters. The third-order valence-corrected chi connectivity index (χ3v) is 5.81. The molecule has 0 fully saturated rings. The smallest absolute Gasteiger partial charge is 0.338 e. The Balaban J connectivity index is 1.83. The van der Waals surface area contributed by atoms with Crippen molar-refractivity contribution in [2.45, 2.75) is 26.2 Å². The highest BCUT2D eigenvalue weighted by Crippen LogP contribution is 2.43. The number of halogens is 1. The normalized spacial score (nSPS) is 15.2. The van der Waals surface area contributed by atoms with Crippen LogP contribution in [0.1, 0.15) is 30.9 Å². The number of allylic oxidation sites excluding steroid dienone is 2. The average Bonchev–Trinajstić information content (AvgIpc) is 2.83. The summed E-state index contributed by atoms with van der Waals surface area (Å²) in [6.07, 6.45) is 0.695. The minimum Gasteiger partial charge on any atom is -0.483 e. The van der Waals surface area contributed by atoms with Gasteiger partial charge in [0.15, 0.2) is 6.61 Å². The van der Waals surface area contributed by atoms with Gasteiger partial charge in [-0.1, -0.05) is 46.3 Å². The Labute approximate surface area is 212 Å². The molecule has 1 aliphatic heterocycles. The van der Waals surface area contributed by atoms with Crippen molar-refractivity contribution in [1.82, 2.24) is 5.32 Å². The van der Waals surface area contributed by atoms with E-state index in [1.165, 1.54) is 0 Å². The van der Waals surface area contributed by atoms with Crippen LogP contribution in [0, 0.1) is 11.3 Å². The van der Waals surface area contributed by atoms with Gasteiger partial charge in [-0.3, -0.25) is 4.79 Å². The monoisotopic (exact) mass is 539 g/mol. The van der Waals surface area contributed by atoms with E-state index in [2.05, 4.69) is 21.2 Å². The van der Waals surface area contributed by atoms with Gasteiger partial charge in [-0.25, -0.2) is 4.79 Å². The maximum Gasteiger partial charge on any atom is 0.338 e. The number of rotatable bonds is 9. The Bertz CT molecular complexity index is 1200. The molecule has 1 atom stereocenters. The van der Waals surface area contributed by atoms with E-state index < -0.39 is 11.9 Å². The molecule has 0 aromatic heterocycles. The first-order valence-electron chi connectivity index (χ1n) is 11.0. The number of hydrogen-bond donors (Lipinski definition) is 2. The maximum absolute atomic E-state index is 12.8. The van der Waals surface area contributed by atoms with Crippen LogP contribution in [0.25, 0.3) is 0 Å². The van der Waals surface area contributed by atoms with Crippen LogP contribution in [-0.4, -0.2) is 31.6 Å². The standard InChI is InChI=1S/C26H26BrN3O5/c1-3-33-26(32)23-16(2)35-25(29)20(14-28)24(23)19-13-18(27)9-10-21(19)34-15-22(31)30-12-11-17-7-5-4-6-8-17/h4-10,13,24H,3,11-12,15,29H2,1-2H3,(H,30,31). The Morgan fingerprint density at radius 2 is 1.97 bits per heavy atom. The van der Waals surface area contributed by atoms with Crippen molar-refractivity contribution < 1.29 is 23.8 Å². The summed E-state index contributed by atoms with van der Waals surface area (Å²) in [6.45, 7) is 3.64. The molecule has 0 aliphatic carbocycles. The third-order valence-electron chi connectivity index (χ3n) is 5.32. The van der Waals surface area contributed by atoms with Crippen molar-refractivity contribution >= 4 is 27.8 Å². The lowest BCUT2D eigenvalue weighted by Gasteiger charge is -2.28. The lowest BCUT2D eigenvalue weighted by Crippen LogP contribution is -2.31. The molecule has 1 amide bonds. The summed E-state index contributed by atoms with van der Waals surface area (Å²) >= 11 is 3.43. The minimum absolute atomic E-state index is 0.0499. The van der Waals surface area contributed by atoms with Crippen molar-refractivity contribution in [3.05, 3.63) is 86.9 Å². The largest absolute Gasteiger partial charge is 0.483 e. The van der Waals surface area contributed by atoms with Crippen molar-refractivity contribution in [3.8, 4) is 11.8 Å². The average molecular weight is 540 g/mol. The first-order chi connectivity index (χ1) is 16.8. The van der Waals surface area contributed by atoms with Crippen LogP contribution in [0.3, 0.4) is 0 Å². The number of hydrogen-bond acceptors (Lipinski definition) is 7. The number of carbonyl (C=O) groups is 2. The second-order valence-electron chi connectivity index (χ2n) is 7.67. The summed E-state index contributed by atoms with van der Waals surface area (Å²) in [5, 5.41) is 12.7. The quantitative estimate of drug-likeness (QED) is 0.464. The Kier molecular flexibility index (Phi) is 8.92. The van der Waals surface area contributed by atoms with Crippen molar-refractivity contribution in [2.24, 2.45) is 5.73 Å². The molecule has 0 radical (unpaired) electrons. The molecular formula is C26H26BrN3O5. The number of nitrogens with two attached hydrogens (primary N) is 1. The van der Waals surface area contributed by atoms with Crippen LogP contribution >= 0.6 is 15.9 Å². The number of amides is 1. The maximum atomic E-state index is 12.8. The molecule has 8 nitrogen and oxygen atoms in total. The van der Waals surface area contributed by atoms with E-state index in [0.29, 0.717) is 28.8 Å². The summed E-state index contributed by atoms with van der Waals surface area (Å²) in [4.78, 5) is 25.2. The third kappa shape index (κ3) is 6.43. The molecule has 0 saturated heterocycles. The predicted octanol–water partition coefficient (Wildman–Crippen LogP) is 3.83. The van der Waals surface area contributed by atoms with E-state index >= 15 is 0 Å². The fourth-order valence-electron chi connectivity index (χ4n) is 3.73. The van der Waals surface area contributed by atoms with Gasteiger partial charge in [-0.2, -0.15) is 5.26 Å². The number of nitrogens with one attached hydrogen (secondary N) is 1. The molecule has 1 aliphatic rings. The van der Waals surface area contributed by atoms with E-state index in [1.54, 1.807) is 32.0 Å². The van der Waals surface area contributed by atoms with E-state index in [4.69, 9.17) is 19.9 Å². The van der Waals surface area contributed by atoms with Crippen LogP contribution < -0.4 is 15.8 Å². The van der Waals surface area contributed by atoms with Crippen LogP contribution in [0.5, 0.6) is 5.75 Å². The second-order valence-corrected chi connectivity index (χ2v) is 8.59. The summed E-state index contributed by atoms with van der Waals surface area (Å²) < 4.78 is 17.2. The summed E-state index contributed by atoms with van der Waals surface area (Å²) in [7, 11) is 0. The lowest BCUT2D eigenvalue weighted by atomic mass is 9.82. The van der Waals surface area contributed by atoms with Crippen molar-refractivity contribution in [3.63, 3.8) is 0 Å². The highest BCUT2D eigenvalue weighted by atomic mass is 79.9. The lowest BCUT2D eigenvalue weighted by molar-refractivity contribution is -0.139. The number of carbonyl (C=O) groups excluding carboxylic acids is 2. The van der Waals surface area contributed by atoms with Gasteiger partial charge >= 0.3 is 5.97 Å². The summed E-state index contributed by atoms with van der Waals surface area (Å²) in [6, 6.07) is 17.0. The Hall–Kier alpha value is -3.77. The summed E-state index contributed by atoms with van der Waals surface area (Å²) in [5.41, 5.74) is 7.78. The molecule has 35 heavy (non-hydrogen) atoms. The molecule has 0 saturated carbocycles. The van der Waals surface area contributed by atoms with E-state index in [9.17, 15) is 14.9 Å². The van der Waals surface area contributed by atoms with Crippen LogP contribution in [0.15, 0.2) is 75.8 Å². The van der Waals surface area contributed by atoms with Gasteiger partial charge in [0.2, 0.25) is 5.88 Å². The number of nitriles is 1. The molecule has 1 heterocycles. The first-order valence-corrected chi connectivity index (χ1v) is 11.8. The van der Waals surface area contributed by atoms with Gasteiger partial charge in [-0.15, -0.1) is 0 Å². The number of benzene rings is 2. The van der Waals surface area contributed by atoms with E-state index in [-0.39, 0.29) is 41.9 Å². The molecule has 3 N–H and O–H groups in total. The van der Waals surface area contributed by atoms with Gasteiger partial charge in [0.1, 0.15) is 23.2 Å². The Morgan fingerprint density at radius 1 is 1.23 bits per heavy atom. The molecule has 182 valence electrons. The first kappa shape index (κ1) is 25.8. The zero-order valence-corrected chi connectivity index (χ0v) is 21.1. The fourth-order valence-corrected chi connectivity index (χ4v) is 4.11. The van der Waals surface area contributed by atoms with Crippen LogP contribution in [0.4, 0.5) is 0 Å². The van der Waals surface area contributed by atoms with Gasteiger partial charge in [0, 0.05) is 16.6 Å². The SMILES string of the molecule is CCOC(=O)C1=C(C)OC(N)=C(C#N)C1c1cc(Br)ccc1OCC(=O)NCCc1ccccc1.